The van der Waals surface area contributed by atoms with Crippen LogP contribution in [0.25, 0.3) is 0 Å². The lowest BCUT2D eigenvalue weighted by atomic mass is 9.43. The molecule has 1 aromatic rings. The third-order valence-electron chi connectivity index (χ3n) is 9.77. The Morgan fingerprint density at radius 2 is 1.88 bits per heavy atom. The Balaban J connectivity index is 1.49. The van der Waals surface area contributed by atoms with Gasteiger partial charge in [-0.1, -0.05) is 13.8 Å². The summed E-state index contributed by atoms with van der Waals surface area (Å²) in [6.07, 6.45) is 14.6. The summed E-state index contributed by atoms with van der Waals surface area (Å²) in [5.41, 5.74) is 1.23. The highest BCUT2D eigenvalue weighted by atomic mass is 32.1. The molecule has 0 aromatic carbocycles. The maximum atomic E-state index is 12.1. The SMILES string of the molecule is C[C@]12CC[C@H](S)C[C@@H]1CC[C@@H]1[C@@H]2CC[C@]2(C)[C@@H](c3ccoc3)CC[C@]12O. The van der Waals surface area contributed by atoms with E-state index in [1.807, 2.05) is 6.26 Å². The number of fused-ring (bicyclic) bond motifs is 5. The van der Waals surface area contributed by atoms with Crippen molar-refractivity contribution in [1.82, 2.24) is 0 Å². The quantitative estimate of drug-likeness (QED) is 0.607. The third-order valence-corrected chi connectivity index (χ3v) is 10.2. The molecule has 0 amide bonds. The minimum Gasteiger partial charge on any atom is -0.472 e. The third kappa shape index (κ3) is 2.16. The second-order valence-corrected chi connectivity index (χ2v) is 11.2. The van der Waals surface area contributed by atoms with Crippen LogP contribution >= 0.6 is 12.6 Å². The van der Waals surface area contributed by atoms with E-state index >= 15 is 0 Å². The molecule has 3 heteroatoms. The van der Waals surface area contributed by atoms with Crippen LogP contribution < -0.4 is 0 Å². The molecule has 1 N–H and O–H groups in total. The van der Waals surface area contributed by atoms with E-state index < -0.39 is 5.60 Å². The minimum absolute atomic E-state index is 0.00197. The fourth-order valence-corrected chi connectivity index (χ4v) is 8.59. The average molecular weight is 375 g/mol. The van der Waals surface area contributed by atoms with Gasteiger partial charge in [0.2, 0.25) is 0 Å². The Morgan fingerprint density at radius 1 is 1.04 bits per heavy atom. The van der Waals surface area contributed by atoms with E-state index in [2.05, 4.69) is 19.9 Å². The molecule has 8 atom stereocenters. The Hall–Kier alpha value is -0.410. The van der Waals surface area contributed by atoms with Gasteiger partial charge in [0.15, 0.2) is 0 Å². The number of aliphatic hydroxyl groups is 1. The maximum Gasteiger partial charge on any atom is 0.0937 e. The van der Waals surface area contributed by atoms with Crippen LogP contribution in [0.15, 0.2) is 23.0 Å². The van der Waals surface area contributed by atoms with E-state index in [1.54, 1.807) is 6.26 Å². The molecule has 0 bridgehead atoms. The normalized spacial score (nSPS) is 53.6. The van der Waals surface area contributed by atoms with Crippen molar-refractivity contribution in [2.75, 3.05) is 0 Å². The van der Waals surface area contributed by atoms with Crippen LogP contribution in [-0.4, -0.2) is 16.0 Å². The Labute approximate surface area is 163 Å². The van der Waals surface area contributed by atoms with Gasteiger partial charge in [-0.3, -0.25) is 0 Å². The van der Waals surface area contributed by atoms with Crippen LogP contribution in [0.2, 0.25) is 0 Å². The van der Waals surface area contributed by atoms with E-state index in [0.29, 0.717) is 28.4 Å². The Morgan fingerprint density at radius 3 is 2.65 bits per heavy atom. The summed E-state index contributed by atoms with van der Waals surface area (Å²) in [4.78, 5) is 0. The van der Waals surface area contributed by atoms with Crippen molar-refractivity contribution in [3.63, 3.8) is 0 Å². The fourth-order valence-electron chi connectivity index (χ4n) is 8.21. The molecule has 4 aliphatic carbocycles. The average Bonchev–Trinajstić information content (AvgIpc) is 3.21. The van der Waals surface area contributed by atoms with Gasteiger partial charge in [-0.15, -0.1) is 0 Å². The standard InChI is InChI=1S/C23H34O2S/c1-21-9-5-17(26)13-16(21)3-4-20-19(21)6-10-22(2)18(7-11-23(20,22)24)15-8-12-25-14-15/h8,12,14,16-20,24,26H,3-7,9-11,13H2,1-2H3/t16-,17-,18+,19-,20+,21-,22+,23-/m0/s1. The first-order valence-corrected chi connectivity index (χ1v) is 11.3. The number of hydrogen-bond acceptors (Lipinski definition) is 3. The zero-order valence-corrected chi connectivity index (χ0v) is 17.2. The topological polar surface area (TPSA) is 33.4 Å². The number of rotatable bonds is 1. The van der Waals surface area contributed by atoms with Crippen molar-refractivity contribution in [2.24, 2.45) is 28.6 Å². The van der Waals surface area contributed by atoms with E-state index in [-0.39, 0.29) is 5.41 Å². The molecule has 1 heterocycles. The van der Waals surface area contributed by atoms with E-state index in [1.165, 1.54) is 44.1 Å². The van der Waals surface area contributed by atoms with E-state index in [0.717, 1.165) is 25.2 Å². The summed E-state index contributed by atoms with van der Waals surface area (Å²) in [6.45, 7) is 4.94. The Kier molecular flexibility index (Phi) is 3.94. The fraction of sp³-hybridized carbons (Fsp3) is 0.826. The molecule has 1 aromatic heterocycles. The lowest BCUT2D eigenvalue weighted by Crippen LogP contribution is -2.61. The van der Waals surface area contributed by atoms with Gasteiger partial charge >= 0.3 is 0 Å². The zero-order chi connectivity index (χ0) is 18.2. The van der Waals surface area contributed by atoms with Crippen molar-refractivity contribution in [2.45, 2.75) is 88.4 Å². The number of hydrogen-bond donors (Lipinski definition) is 2. The molecule has 5 rings (SSSR count). The minimum atomic E-state index is -0.496. The van der Waals surface area contributed by atoms with Crippen LogP contribution in [0.3, 0.4) is 0 Å². The molecule has 4 saturated carbocycles. The zero-order valence-electron chi connectivity index (χ0n) is 16.3. The summed E-state index contributed by atoms with van der Waals surface area (Å²) in [6, 6.07) is 2.12. The first-order valence-electron chi connectivity index (χ1n) is 10.8. The summed E-state index contributed by atoms with van der Waals surface area (Å²) in [7, 11) is 0. The van der Waals surface area contributed by atoms with Gasteiger partial charge in [-0.25, -0.2) is 0 Å². The van der Waals surface area contributed by atoms with Crippen molar-refractivity contribution in [3.05, 3.63) is 24.2 Å². The lowest BCUT2D eigenvalue weighted by molar-refractivity contribution is -0.200. The van der Waals surface area contributed by atoms with Gasteiger partial charge in [0.05, 0.1) is 18.1 Å². The molecule has 144 valence electrons. The summed E-state index contributed by atoms with van der Waals surface area (Å²) >= 11 is 4.81. The molecule has 0 aliphatic heterocycles. The molecular weight excluding hydrogens is 340 g/mol. The van der Waals surface area contributed by atoms with Crippen molar-refractivity contribution in [3.8, 4) is 0 Å². The Bertz CT molecular complexity index is 672. The second kappa shape index (κ2) is 5.80. The van der Waals surface area contributed by atoms with Crippen LogP contribution in [0.1, 0.15) is 83.1 Å². The predicted octanol–water partition coefficient (Wildman–Crippen LogP) is 5.82. The number of thiol groups is 1. The predicted molar refractivity (Wildman–Crippen MR) is 107 cm³/mol. The molecule has 4 aliphatic rings. The molecule has 0 unspecified atom stereocenters. The maximum absolute atomic E-state index is 12.1. The van der Waals surface area contributed by atoms with Gasteiger partial charge in [-0.2, -0.15) is 12.6 Å². The molecule has 2 nitrogen and oxygen atoms in total. The lowest BCUT2D eigenvalue weighted by Gasteiger charge is -2.63. The van der Waals surface area contributed by atoms with Gasteiger partial charge in [0, 0.05) is 10.7 Å². The van der Waals surface area contributed by atoms with Gasteiger partial charge in [0.25, 0.3) is 0 Å². The van der Waals surface area contributed by atoms with Crippen LogP contribution in [-0.2, 0) is 0 Å². The van der Waals surface area contributed by atoms with Crippen LogP contribution in [0.5, 0.6) is 0 Å². The molecule has 4 fully saturated rings. The second-order valence-electron chi connectivity index (χ2n) is 10.4. The van der Waals surface area contributed by atoms with E-state index in [9.17, 15) is 5.11 Å². The largest absolute Gasteiger partial charge is 0.472 e. The summed E-state index contributed by atoms with van der Waals surface area (Å²) < 4.78 is 5.40. The first-order chi connectivity index (χ1) is 12.4. The molecule has 0 radical (unpaired) electrons. The van der Waals surface area contributed by atoms with Crippen LogP contribution in [0.4, 0.5) is 0 Å². The smallest absolute Gasteiger partial charge is 0.0937 e. The first kappa shape index (κ1) is 17.7. The van der Waals surface area contributed by atoms with Crippen LogP contribution in [0, 0.1) is 28.6 Å². The van der Waals surface area contributed by atoms with Gasteiger partial charge < -0.3 is 9.52 Å². The molecule has 0 spiro atoms. The van der Waals surface area contributed by atoms with Gasteiger partial charge in [0.1, 0.15) is 0 Å². The molecular formula is C23H34O2S. The van der Waals surface area contributed by atoms with Crippen molar-refractivity contribution >= 4 is 12.6 Å². The van der Waals surface area contributed by atoms with E-state index in [4.69, 9.17) is 17.0 Å². The van der Waals surface area contributed by atoms with Gasteiger partial charge in [-0.05, 0) is 98.5 Å². The van der Waals surface area contributed by atoms with Crippen molar-refractivity contribution < 1.29 is 9.52 Å². The highest BCUT2D eigenvalue weighted by Gasteiger charge is 2.67. The highest BCUT2D eigenvalue weighted by Crippen LogP contribution is 2.70. The monoisotopic (exact) mass is 374 g/mol. The highest BCUT2D eigenvalue weighted by molar-refractivity contribution is 7.80. The van der Waals surface area contributed by atoms with Crippen molar-refractivity contribution in [1.29, 1.82) is 0 Å². The summed E-state index contributed by atoms with van der Waals surface area (Å²) in [5, 5.41) is 12.7. The number of furan rings is 1. The summed E-state index contributed by atoms with van der Waals surface area (Å²) in [5.74, 6) is 2.45. The molecule has 26 heavy (non-hydrogen) atoms. The molecule has 0 saturated heterocycles.